The van der Waals surface area contributed by atoms with E-state index in [-0.39, 0.29) is 16.5 Å². The quantitative estimate of drug-likeness (QED) is 0.794. The number of sulfonamides is 1. The van der Waals surface area contributed by atoms with Gasteiger partial charge in [-0.05, 0) is 66.0 Å². The average molecular weight is 410 g/mol. The molecule has 0 spiro atoms. The van der Waals surface area contributed by atoms with E-state index >= 15 is 0 Å². The van der Waals surface area contributed by atoms with E-state index in [1.54, 1.807) is 18.2 Å². The van der Waals surface area contributed by atoms with E-state index in [1.165, 1.54) is 12.1 Å². The van der Waals surface area contributed by atoms with Crippen LogP contribution in [0.25, 0.3) is 0 Å². The van der Waals surface area contributed by atoms with Crippen molar-refractivity contribution in [1.82, 2.24) is 9.71 Å². The molecule has 0 unspecified atom stereocenters. The van der Waals surface area contributed by atoms with Crippen LogP contribution >= 0.6 is 15.9 Å². The first-order chi connectivity index (χ1) is 11.3. The minimum Gasteiger partial charge on any atom is -0.307 e. The van der Waals surface area contributed by atoms with Crippen LogP contribution in [0.5, 0.6) is 0 Å². The van der Waals surface area contributed by atoms with E-state index in [1.807, 2.05) is 13.0 Å². The van der Waals surface area contributed by atoms with Crippen LogP contribution in [0.4, 0.5) is 5.82 Å². The Labute approximate surface area is 148 Å². The van der Waals surface area contributed by atoms with Crippen LogP contribution in [0.3, 0.4) is 0 Å². The van der Waals surface area contributed by atoms with Gasteiger partial charge in [-0.15, -0.1) is 0 Å². The second-order valence-electron chi connectivity index (χ2n) is 5.66. The van der Waals surface area contributed by atoms with Crippen molar-refractivity contribution in [1.29, 1.82) is 0 Å². The van der Waals surface area contributed by atoms with E-state index in [0.29, 0.717) is 10.3 Å². The summed E-state index contributed by atoms with van der Waals surface area (Å²) in [4.78, 5) is 16.7. The molecular weight excluding hydrogens is 394 g/mol. The minimum absolute atomic E-state index is 0.00687. The Hall–Kier alpha value is -1.77. The Balaban J connectivity index is 1.86. The van der Waals surface area contributed by atoms with Gasteiger partial charge >= 0.3 is 0 Å². The molecule has 8 heteroatoms. The number of nitrogens with one attached hydrogen (secondary N) is 2. The normalized spacial score (nSPS) is 14.4. The number of aryl methyl sites for hydroxylation is 1. The molecule has 126 valence electrons. The summed E-state index contributed by atoms with van der Waals surface area (Å²) in [6, 6.07) is 9.67. The highest BCUT2D eigenvalue weighted by Crippen LogP contribution is 2.25. The summed E-state index contributed by atoms with van der Waals surface area (Å²) >= 11 is 3.29. The van der Waals surface area contributed by atoms with Gasteiger partial charge in [0.25, 0.3) is 5.91 Å². The van der Waals surface area contributed by atoms with Crippen LogP contribution in [-0.4, -0.2) is 25.4 Å². The summed E-state index contributed by atoms with van der Waals surface area (Å²) in [7, 11) is -3.62. The first-order valence-electron chi connectivity index (χ1n) is 7.42. The number of carbonyl (C=O) groups is 1. The van der Waals surface area contributed by atoms with Crippen molar-refractivity contribution in [3.8, 4) is 0 Å². The van der Waals surface area contributed by atoms with E-state index < -0.39 is 15.9 Å². The zero-order valence-corrected chi connectivity index (χ0v) is 15.3. The minimum atomic E-state index is -3.62. The molecule has 0 saturated heterocycles. The maximum absolute atomic E-state index is 12.5. The number of halogens is 1. The number of rotatable bonds is 5. The maximum Gasteiger partial charge on any atom is 0.258 e. The van der Waals surface area contributed by atoms with Crippen molar-refractivity contribution in [3.05, 3.63) is 52.1 Å². The summed E-state index contributed by atoms with van der Waals surface area (Å²) in [5, 5.41) is 2.68. The predicted molar refractivity (Wildman–Crippen MR) is 94.4 cm³/mol. The van der Waals surface area contributed by atoms with Crippen LogP contribution in [0.15, 0.2) is 45.8 Å². The highest BCUT2D eigenvalue weighted by atomic mass is 79.9. The van der Waals surface area contributed by atoms with E-state index in [4.69, 9.17) is 0 Å². The highest BCUT2D eigenvalue weighted by Gasteiger charge is 2.28. The number of hydrogen-bond donors (Lipinski definition) is 2. The SMILES string of the molecule is Cc1cccc(NC(=O)c2cc(S(=O)(=O)NC3CC3)ccc2Br)n1. The number of carbonyl (C=O) groups excluding carboxylic acids is 1. The topological polar surface area (TPSA) is 88.2 Å². The molecule has 1 aromatic heterocycles. The molecule has 1 heterocycles. The predicted octanol–water partition coefficient (Wildman–Crippen LogP) is 2.85. The Morgan fingerprint density at radius 3 is 2.67 bits per heavy atom. The smallest absolute Gasteiger partial charge is 0.258 e. The molecule has 1 saturated carbocycles. The standard InChI is InChI=1S/C16H16BrN3O3S/c1-10-3-2-4-15(18-10)19-16(21)13-9-12(7-8-14(13)17)24(22,23)20-11-5-6-11/h2-4,7-9,11,20H,5-6H2,1H3,(H,18,19,21). The van der Waals surface area contributed by atoms with Crippen LogP contribution in [0.1, 0.15) is 28.9 Å². The van der Waals surface area contributed by atoms with Crippen molar-refractivity contribution >= 4 is 37.7 Å². The third kappa shape index (κ3) is 4.00. The monoisotopic (exact) mass is 409 g/mol. The van der Waals surface area contributed by atoms with Gasteiger partial charge in [0, 0.05) is 16.2 Å². The van der Waals surface area contributed by atoms with E-state index in [9.17, 15) is 13.2 Å². The van der Waals surface area contributed by atoms with Crippen molar-refractivity contribution in [2.45, 2.75) is 30.7 Å². The number of amides is 1. The molecular formula is C16H16BrN3O3S. The number of aromatic nitrogens is 1. The van der Waals surface area contributed by atoms with Crippen LogP contribution < -0.4 is 10.0 Å². The van der Waals surface area contributed by atoms with Crippen molar-refractivity contribution < 1.29 is 13.2 Å². The number of nitrogens with zero attached hydrogens (tertiary/aromatic N) is 1. The molecule has 0 bridgehead atoms. The Kier molecular flexibility index (Phi) is 4.71. The number of pyridine rings is 1. The molecule has 1 aliphatic rings. The van der Waals surface area contributed by atoms with Crippen LogP contribution in [0.2, 0.25) is 0 Å². The zero-order valence-electron chi connectivity index (χ0n) is 12.9. The van der Waals surface area contributed by atoms with Gasteiger partial charge in [-0.25, -0.2) is 18.1 Å². The first kappa shape index (κ1) is 17.1. The molecule has 0 atom stereocenters. The highest BCUT2D eigenvalue weighted by molar-refractivity contribution is 9.10. The van der Waals surface area contributed by atoms with Gasteiger partial charge < -0.3 is 5.32 Å². The summed E-state index contributed by atoms with van der Waals surface area (Å²) in [5.74, 6) is -0.0142. The molecule has 24 heavy (non-hydrogen) atoms. The lowest BCUT2D eigenvalue weighted by atomic mass is 10.2. The summed E-state index contributed by atoms with van der Waals surface area (Å²) in [6.45, 7) is 1.82. The molecule has 0 aliphatic heterocycles. The fourth-order valence-electron chi connectivity index (χ4n) is 2.13. The Morgan fingerprint density at radius 1 is 1.25 bits per heavy atom. The fourth-order valence-corrected chi connectivity index (χ4v) is 3.89. The summed E-state index contributed by atoms with van der Waals surface area (Å²) in [5.41, 5.74) is 1.01. The molecule has 1 amide bonds. The van der Waals surface area contributed by atoms with Gasteiger partial charge in [0.15, 0.2) is 0 Å². The Morgan fingerprint density at radius 2 is 2.00 bits per heavy atom. The lowest BCUT2D eigenvalue weighted by Crippen LogP contribution is -2.26. The molecule has 1 aliphatic carbocycles. The molecule has 1 fully saturated rings. The first-order valence-corrected chi connectivity index (χ1v) is 9.70. The van der Waals surface area contributed by atoms with Crippen molar-refractivity contribution in [3.63, 3.8) is 0 Å². The second-order valence-corrected chi connectivity index (χ2v) is 8.22. The van der Waals surface area contributed by atoms with Gasteiger partial charge in [0.2, 0.25) is 10.0 Å². The van der Waals surface area contributed by atoms with Gasteiger partial charge in [0.1, 0.15) is 5.82 Å². The van der Waals surface area contributed by atoms with Crippen molar-refractivity contribution in [2.75, 3.05) is 5.32 Å². The van der Waals surface area contributed by atoms with Gasteiger partial charge in [-0.2, -0.15) is 0 Å². The lowest BCUT2D eigenvalue weighted by molar-refractivity contribution is 0.102. The van der Waals surface area contributed by atoms with Crippen LogP contribution in [-0.2, 0) is 10.0 Å². The average Bonchev–Trinajstić information content (AvgIpc) is 3.30. The molecule has 0 radical (unpaired) electrons. The number of anilines is 1. The lowest BCUT2D eigenvalue weighted by Gasteiger charge is -2.10. The fraction of sp³-hybridized carbons (Fsp3) is 0.250. The molecule has 1 aromatic carbocycles. The molecule has 2 N–H and O–H groups in total. The van der Waals surface area contributed by atoms with Gasteiger partial charge in [0.05, 0.1) is 10.5 Å². The largest absolute Gasteiger partial charge is 0.307 e. The molecule has 3 rings (SSSR count). The Bertz CT molecular complexity index is 895. The summed E-state index contributed by atoms with van der Waals surface area (Å²) < 4.78 is 27.7. The third-order valence-corrected chi connectivity index (χ3v) is 5.73. The second kappa shape index (κ2) is 6.62. The zero-order chi connectivity index (χ0) is 17.3. The van der Waals surface area contributed by atoms with Gasteiger partial charge in [-0.1, -0.05) is 6.07 Å². The van der Waals surface area contributed by atoms with Crippen molar-refractivity contribution in [2.24, 2.45) is 0 Å². The summed E-state index contributed by atoms with van der Waals surface area (Å²) in [6.07, 6.45) is 1.70. The number of benzene rings is 1. The third-order valence-electron chi connectivity index (χ3n) is 3.52. The van der Waals surface area contributed by atoms with Crippen LogP contribution in [0, 0.1) is 6.92 Å². The van der Waals surface area contributed by atoms with E-state index in [0.717, 1.165) is 18.5 Å². The van der Waals surface area contributed by atoms with E-state index in [2.05, 4.69) is 31.0 Å². The number of hydrogen-bond acceptors (Lipinski definition) is 4. The maximum atomic E-state index is 12.5. The van der Waals surface area contributed by atoms with Gasteiger partial charge in [-0.3, -0.25) is 4.79 Å². The molecule has 6 nitrogen and oxygen atoms in total. The molecule has 2 aromatic rings.